The van der Waals surface area contributed by atoms with Crippen molar-refractivity contribution >= 4 is 27.9 Å². The van der Waals surface area contributed by atoms with E-state index in [-0.39, 0.29) is 5.41 Å². The maximum absolute atomic E-state index is 9.45. The van der Waals surface area contributed by atoms with Crippen LogP contribution in [0.3, 0.4) is 0 Å². The molecular weight excluding hydrogens is 290 g/mol. The summed E-state index contributed by atoms with van der Waals surface area (Å²) in [6.07, 6.45) is 0. The fourth-order valence-electron chi connectivity index (χ4n) is 1.11. The van der Waals surface area contributed by atoms with Crippen LogP contribution in [0, 0.1) is 0 Å². The molecule has 0 unspecified atom stereocenters. The third kappa shape index (κ3) is 7.49. The molecule has 0 saturated heterocycles. The first kappa shape index (κ1) is 15.6. The molecule has 0 spiro atoms. The van der Waals surface area contributed by atoms with Gasteiger partial charge in [0, 0.05) is 0 Å². The Balaban J connectivity index is 0.000000423. The minimum atomic E-state index is -1.92. The second kappa shape index (κ2) is 7.03. The Morgan fingerprint density at radius 2 is 1.47 bits per heavy atom. The van der Waals surface area contributed by atoms with Crippen molar-refractivity contribution in [1.29, 1.82) is 0 Å². The van der Waals surface area contributed by atoms with Crippen molar-refractivity contribution in [1.82, 2.24) is 0 Å². The van der Waals surface area contributed by atoms with Gasteiger partial charge in [0.2, 0.25) is 0 Å². The van der Waals surface area contributed by atoms with Crippen LogP contribution in [0.15, 0.2) is 24.3 Å². The van der Waals surface area contributed by atoms with Gasteiger partial charge in [0.25, 0.3) is 0 Å². The first-order valence-electron chi connectivity index (χ1n) is 4.37. The Bertz CT molecular complexity index is 294. The molecule has 5 heteroatoms. The monoisotopic (exact) mass is 303 g/mol. The van der Waals surface area contributed by atoms with Crippen molar-refractivity contribution in [3.63, 3.8) is 0 Å². The summed E-state index contributed by atoms with van der Waals surface area (Å²) in [5, 5.41) is 9.45. The molecule has 1 aromatic rings. The van der Waals surface area contributed by atoms with Gasteiger partial charge in [-0.15, -0.1) is 0 Å². The molecule has 0 atom stereocenters. The molecule has 15 heavy (non-hydrogen) atoms. The summed E-state index contributed by atoms with van der Waals surface area (Å²) in [4.78, 5) is 0. The molecule has 0 bridgehead atoms. The normalized spacial score (nSPS) is 10.3. The van der Waals surface area contributed by atoms with Crippen molar-refractivity contribution in [3.05, 3.63) is 29.8 Å². The maximum atomic E-state index is 9.45. The molecule has 1 N–H and O–H groups in total. The molecule has 0 radical (unpaired) electrons. The summed E-state index contributed by atoms with van der Waals surface area (Å²) in [7, 11) is 14.9. The third-order valence-electron chi connectivity index (χ3n) is 1.71. The summed E-state index contributed by atoms with van der Waals surface area (Å²) in [5.74, 6) is 0.389. The van der Waals surface area contributed by atoms with Crippen LogP contribution in [0.5, 0.6) is 5.75 Å². The van der Waals surface area contributed by atoms with E-state index in [9.17, 15) is 5.11 Å². The van der Waals surface area contributed by atoms with Gasteiger partial charge < -0.3 is 5.11 Å². The van der Waals surface area contributed by atoms with Crippen LogP contribution in [-0.4, -0.2) is 5.11 Å². The van der Waals surface area contributed by atoms with Crippen LogP contribution < -0.4 is 0 Å². The second-order valence-corrected chi connectivity index (χ2v) is 11.7. The summed E-state index contributed by atoms with van der Waals surface area (Å²) in [6, 6.07) is 7.46. The molecule has 1 aromatic carbocycles. The first-order chi connectivity index (χ1) is 6.75. The van der Waals surface area contributed by atoms with E-state index in [1.54, 1.807) is 6.07 Å². The van der Waals surface area contributed by atoms with Crippen LogP contribution in [0.1, 0.15) is 26.3 Å². The standard InChI is InChI=1S/C10H14O.3ClH.Ti/c1-10(2,3)8-6-4-5-7-9(8)11;;;;/h4-7,11H,1-3H3;3*1H;/q;;;;+3/p-3. The second-order valence-electron chi connectivity index (χ2n) is 3.98. The zero-order valence-corrected chi connectivity index (χ0v) is 12.7. The number of halogens is 3. The van der Waals surface area contributed by atoms with Crippen molar-refractivity contribution in [2.45, 2.75) is 26.2 Å². The molecule has 1 rings (SSSR count). The number of hydrogen-bond donors (Lipinski definition) is 1. The third-order valence-corrected chi connectivity index (χ3v) is 1.71. The molecule has 0 aliphatic heterocycles. The van der Waals surface area contributed by atoms with Gasteiger partial charge in [-0.05, 0) is 17.0 Å². The van der Waals surface area contributed by atoms with E-state index in [4.69, 9.17) is 27.9 Å². The molecule has 0 saturated carbocycles. The number of aromatic hydroxyl groups is 1. The first-order valence-corrected chi connectivity index (χ1v) is 10.8. The van der Waals surface area contributed by atoms with Gasteiger partial charge in [0.15, 0.2) is 0 Å². The Morgan fingerprint density at radius 1 is 1.07 bits per heavy atom. The van der Waals surface area contributed by atoms with E-state index in [2.05, 4.69) is 20.8 Å². The van der Waals surface area contributed by atoms with Gasteiger partial charge in [-0.3, -0.25) is 0 Å². The van der Waals surface area contributed by atoms with Crippen LogP contribution >= 0.6 is 27.9 Å². The summed E-state index contributed by atoms with van der Waals surface area (Å²) in [5.41, 5.74) is 1.03. The van der Waals surface area contributed by atoms with Crippen molar-refractivity contribution in [2.75, 3.05) is 0 Å². The van der Waals surface area contributed by atoms with E-state index < -0.39 is 14.7 Å². The van der Waals surface area contributed by atoms with E-state index in [1.807, 2.05) is 18.2 Å². The Hall–Kier alpha value is 0.604. The van der Waals surface area contributed by atoms with Crippen molar-refractivity contribution in [3.8, 4) is 5.75 Å². The van der Waals surface area contributed by atoms with E-state index in [0.717, 1.165) is 5.56 Å². The molecule has 85 valence electrons. The molecule has 0 aliphatic carbocycles. The van der Waals surface area contributed by atoms with Crippen LogP contribution in [0.25, 0.3) is 0 Å². The fraction of sp³-hybridized carbons (Fsp3) is 0.400. The Kier molecular flexibility index (Phi) is 7.32. The van der Waals surface area contributed by atoms with Crippen molar-refractivity contribution in [2.24, 2.45) is 0 Å². The average molecular weight is 304 g/mol. The predicted octanol–water partition coefficient (Wildman–Crippen LogP) is 4.76. The number of phenols is 1. The van der Waals surface area contributed by atoms with Crippen LogP contribution in [0.2, 0.25) is 0 Å². The zero-order valence-electron chi connectivity index (χ0n) is 8.89. The Morgan fingerprint density at radius 3 is 1.73 bits per heavy atom. The molecule has 0 fully saturated rings. The van der Waals surface area contributed by atoms with Crippen LogP contribution in [-0.2, 0) is 20.1 Å². The molecular formula is C10H14Cl3OTi. The number of benzene rings is 1. The SMILES string of the molecule is CC(C)(C)c1ccccc1O.[Cl][Ti]([Cl])[Cl]. The van der Waals surface area contributed by atoms with Crippen LogP contribution in [0.4, 0.5) is 0 Å². The average Bonchev–Trinajstić information content (AvgIpc) is 2.01. The van der Waals surface area contributed by atoms with Gasteiger partial charge in [0.1, 0.15) is 5.75 Å². The molecule has 1 nitrogen and oxygen atoms in total. The van der Waals surface area contributed by atoms with Gasteiger partial charge >= 0.3 is 42.6 Å². The predicted molar refractivity (Wildman–Crippen MR) is 64.4 cm³/mol. The van der Waals surface area contributed by atoms with Crippen molar-refractivity contribution < 1.29 is 19.8 Å². The number of para-hydroxylation sites is 1. The van der Waals surface area contributed by atoms with Gasteiger partial charge in [-0.25, -0.2) is 0 Å². The van der Waals surface area contributed by atoms with E-state index in [0.29, 0.717) is 5.75 Å². The Labute approximate surface area is 109 Å². The summed E-state index contributed by atoms with van der Waals surface area (Å²) >= 11 is -1.92. The fourth-order valence-corrected chi connectivity index (χ4v) is 1.11. The summed E-state index contributed by atoms with van der Waals surface area (Å²) < 4.78 is 0. The van der Waals surface area contributed by atoms with E-state index in [1.165, 1.54) is 0 Å². The zero-order chi connectivity index (χ0) is 12.1. The minimum absolute atomic E-state index is 0.0331. The molecule has 0 amide bonds. The molecule has 0 aliphatic rings. The number of rotatable bonds is 0. The topological polar surface area (TPSA) is 20.2 Å². The van der Waals surface area contributed by atoms with Gasteiger partial charge in [-0.2, -0.15) is 0 Å². The van der Waals surface area contributed by atoms with E-state index >= 15 is 0 Å². The molecule has 0 aromatic heterocycles. The molecule has 0 heterocycles. The number of phenolic OH excluding ortho intramolecular Hbond substituents is 1. The number of hydrogen-bond acceptors (Lipinski definition) is 1. The van der Waals surface area contributed by atoms with Gasteiger partial charge in [0.05, 0.1) is 0 Å². The summed E-state index contributed by atoms with van der Waals surface area (Å²) in [6.45, 7) is 6.26. The van der Waals surface area contributed by atoms with Gasteiger partial charge in [-0.1, -0.05) is 39.0 Å². The quantitative estimate of drug-likeness (QED) is 0.685.